The molecular weight excluding hydrogens is 510 g/mol. The summed E-state index contributed by atoms with van der Waals surface area (Å²) < 4.78 is 6.19. The van der Waals surface area contributed by atoms with Gasteiger partial charge in [-0.2, -0.15) is 0 Å². The molecule has 0 spiro atoms. The molecule has 0 unspecified atom stereocenters. The van der Waals surface area contributed by atoms with E-state index in [1.807, 2.05) is 54.7 Å². The molecule has 0 radical (unpaired) electrons. The van der Waals surface area contributed by atoms with E-state index in [9.17, 15) is 9.90 Å². The zero-order valence-corrected chi connectivity index (χ0v) is 22.1. The van der Waals surface area contributed by atoms with Gasteiger partial charge in [-0.3, -0.25) is 4.90 Å². The summed E-state index contributed by atoms with van der Waals surface area (Å²) in [5, 5.41) is 11.4. The molecule has 0 amide bonds. The molecule has 0 aliphatic carbocycles. The maximum Gasteiger partial charge on any atom is 0.339 e. The van der Waals surface area contributed by atoms with Crippen molar-refractivity contribution in [1.29, 1.82) is 0 Å². The van der Waals surface area contributed by atoms with Crippen LogP contribution < -0.4 is 9.64 Å². The summed E-state index contributed by atoms with van der Waals surface area (Å²) in [5.74, 6) is -0.0486. The summed E-state index contributed by atoms with van der Waals surface area (Å²) in [7, 11) is 0. The van der Waals surface area contributed by atoms with E-state index in [-0.39, 0.29) is 5.56 Å². The number of nitrogens with one attached hydrogen (secondary N) is 1. The van der Waals surface area contributed by atoms with E-state index < -0.39 is 5.97 Å². The first-order valence-corrected chi connectivity index (χ1v) is 13.4. The number of rotatable bonds is 7. The standard InChI is InChI=1S/C32H28ClN3O3/c33-24-10-8-22(9-11-24)26-5-2-1-4-23(26)21-35-16-18-36(19-17-35)25-12-13-28(32(37)38)31(20-25)39-30-7-3-6-29-27(30)14-15-34-29/h1-15,20,34H,16-19,21H2,(H,37,38). The number of carboxylic acid groups (broad SMARTS) is 1. The van der Waals surface area contributed by atoms with Gasteiger partial charge in [0.1, 0.15) is 17.1 Å². The van der Waals surface area contributed by atoms with Gasteiger partial charge < -0.3 is 19.7 Å². The van der Waals surface area contributed by atoms with Gasteiger partial charge >= 0.3 is 5.97 Å². The third-order valence-electron chi connectivity index (χ3n) is 7.27. The van der Waals surface area contributed by atoms with E-state index >= 15 is 0 Å². The molecule has 39 heavy (non-hydrogen) atoms. The summed E-state index contributed by atoms with van der Waals surface area (Å²) in [6.45, 7) is 4.33. The number of fused-ring (bicyclic) bond motifs is 1. The van der Waals surface area contributed by atoms with Crippen molar-refractivity contribution in [2.75, 3.05) is 31.1 Å². The molecule has 1 aliphatic rings. The van der Waals surface area contributed by atoms with Crippen molar-refractivity contribution in [2.45, 2.75) is 6.54 Å². The number of aromatic nitrogens is 1. The molecule has 1 saturated heterocycles. The number of aromatic amines is 1. The number of H-pyrrole nitrogens is 1. The Morgan fingerprint density at radius 2 is 1.67 bits per heavy atom. The predicted octanol–water partition coefficient (Wildman–Crippen LogP) is 7.30. The van der Waals surface area contributed by atoms with Gasteiger partial charge in [-0.25, -0.2) is 4.79 Å². The second kappa shape index (κ2) is 10.8. The first kappa shape index (κ1) is 25.0. The average Bonchev–Trinajstić information content (AvgIpc) is 3.44. The normalized spacial score (nSPS) is 14.0. The number of halogens is 1. The molecule has 196 valence electrons. The zero-order valence-electron chi connectivity index (χ0n) is 21.3. The quantitative estimate of drug-likeness (QED) is 0.228. The number of benzene rings is 4. The number of aromatic carboxylic acids is 1. The van der Waals surface area contributed by atoms with Crippen LogP contribution in [0.4, 0.5) is 5.69 Å². The predicted molar refractivity (Wildman–Crippen MR) is 156 cm³/mol. The van der Waals surface area contributed by atoms with Crippen LogP contribution in [-0.4, -0.2) is 47.1 Å². The van der Waals surface area contributed by atoms with Crippen LogP contribution in [0.2, 0.25) is 5.02 Å². The lowest BCUT2D eigenvalue weighted by Gasteiger charge is -2.36. The van der Waals surface area contributed by atoms with Crippen molar-refractivity contribution in [3.05, 3.63) is 113 Å². The Morgan fingerprint density at radius 3 is 2.46 bits per heavy atom. The molecule has 6 rings (SSSR count). The van der Waals surface area contributed by atoms with E-state index in [0.717, 1.165) is 59.9 Å². The lowest BCUT2D eigenvalue weighted by atomic mass is 9.99. The molecule has 6 nitrogen and oxygen atoms in total. The van der Waals surface area contributed by atoms with Crippen molar-refractivity contribution in [3.8, 4) is 22.6 Å². The summed E-state index contributed by atoms with van der Waals surface area (Å²) in [6, 6.07) is 29.5. The summed E-state index contributed by atoms with van der Waals surface area (Å²) in [6.07, 6.45) is 1.85. The van der Waals surface area contributed by atoms with Crippen LogP contribution in [0.1, 0.15) is 15.9 Å². The molecule has 4 aromatic carbocycles. The topological polar surface area (TPSA) is 68.8 Å². The third-order valence-corrected chi connectivity index (χ3v) is 7.53. The smallest absolute Gasteiger partial charge is 0.339 e. The number of piperazine rings is 1. The van der Waals surface area contributed by atoms with Crippen molar-refractivity contribution in [3.63, 3.8) is 0 Å². The number of anilines is 1. The molecule has 0 atom stereocenters. The average molecular weight is 538 g/mol. The van der Waals surface area contributed by atoms with Crippen LogP contribution >= 0.6 is 11.6 Å². The van der Waals surface area contributed by atoms with Gasteiger partial charge in [-0.1, -0.05) is 54.1 Å². The van der Waals surface area contributed by atoms with Crippen LogP contribution in [0.15, 0.2) is 97.2 Å². The molecule has 2 heterocycles. The van der Waals surface area contributed by atoms with Crippen molar-refractivity contribution < 1.29 is 14.6 Å². The number of carbonyl (C=O) groups is 1. The minimum Gasteiger partial charge on any atom is -0.478 e. The van der Waals surface area contributed by atoms with Crippen LogP contribution in [0.25, 0.3) is 22.0 Å². The Bertz CT molecular complexity index is 1620. The van der Waals surface area contributed by atoms with Gasteiger partial charge in [-0.05, 0) is 59.2 Å². The van der Waals surface area contributed by atoms with Gasteiger partial charge in [0.15, 0.2) is 0 Å². The Labute approximate surface area is 232 Å². The van der Waals surface area contributed by atoms with E-state index in [2.05, 4.69) is 51.2 Å². The fourth-order valence-electron chi connectivity index (χ4n) is 5.21. The fourth-order valence-corrected chi connectivity index (χ4v) is 5.33. The molecule has 0 bridgehead atoms. The summed E-state index contributed by atoms with van der Waals surface area (Å²) in [5.41, 5.74) is 5.71. The third kappa shape index (κ3) is 5.35. The molecule has 1 aromatic heterocycles. The maximum absolute atomic E-state index is 12.0. The van der Waals surface area contributed by atoms with Crippen LogP contribution in [0.5, 0.6) is 11.5 Å². The Hall–Kier alpha value is -4.26. The zero-order chi connectivity index (χ0) is 26.8. The Balaban J connectivity index is 1.17. The second-order valence-electron chi connectivity index (χ2n) is 9.71. The first-order valence-electron chi connectivity index (χ1n) is 13.0. The summed E-state index contributed by atoms with van der Waals surface area (Å²) >= 11 is 6.10. The highest BCUT2D eigenvalue weighted by Crippen LogP contribution is 2.34. The minimum absolute atomic E-state index is 0.142. The van der Waals surface area contributed by atoms with Gasteiger partial charge in [-0.15, -0.1) is 0 Å². The van der Waals surface area contributed by atoms with E-state index in [1.54, 1.807) is 6.07 Å². The number of hydrogen-bond donors (Lipinski definition) is 2. The van der Waals surface area contributed by atoms with Crippen molar-refractivity contribution in [2.24, 2.45) is 0 Å². The maximum atomic E-state index is 12.0. The van der Waals surface area contributed by atoms with Crippen molar-refractivity contribution in [1.82, 2.24) is 9.88 Å². The van der Waals surface area contributed by atoms with Crippen molar-refractivity contribution >= 4 is 34.2 Å². The minimum atomic E-state index is -1.01. The number of carboxylic acids is 1. The van der Waals surface area contributed by atoms with Crippen LogP contribution in [-0.2, 0) is 6.54 Å². The Morgan fingerprint density at radius 1 is 0.872 bits per heavy atom. The van der Waals surface area contributed by atoms with Gasteiger partial charge in [0.25, 0.3) is 0 Å². The van der Waals surface area contributed by atoms with E-state index in [0.29, 0.717) is 11.5 Å². The van der Waals surface area contributed by atoms with Gasteiger partial charge in [0, 0.05) is 66.6 Å². The molecule has 1 fully saturated rings. The van der Waals surface area contributed by atoms with E-state index in [1.165, 1.54) is 11.1 Å². The molecular formula is C32H28ClN3O3. The number of hydrogen-bond acceptors (Lipinski definition) is 4. The SMILES string of the molecule is O=C(O)c1ccc(N2CCN(Cc3ccccc3-c3ccc(Cl)cc3)CC2)cc1Oc1cccc2[nH]ccc12. The molecule has 2 N–H and O–H groups in total. The molecule has 7 heteroatoms. The first-order chi connectivity index (χ1) is 19.0. The molecule has 5 aromatic rings. The largest absolute Gasteiger partial charge is 0.478 e. The van der Waals surface area contributed by atoms with Gasteiger partial charge in [0.2, 0.25) is 0 Å². The molecule has 1 aliphatic heterocycles. The fraction of sp³-hybridized carbons (Fsp3) is 0.156. The van der Waals surface area contributed by atoms with E-state index in [4.69, 9.17) is 16.3 Å². The lowest BCUT2D eigenvalue weighted by molar-refractivity contribution is 0.0694. The highest BCUT2D eigenvalue weighted by Gasteiger charge is 2.21. The summed E-state index contributed by atoms with van der Waals surface area (Å²) in [4.78, 5) is 19.9. The monoisotopic (exact) mass is 537 g/mol. The number of ether oxygens (including phenoxy) is 1. The Kier molecular flexibility index (Phi) is 6.97. The second-order valence-corrected chi connectivity index (χ2v) is 10.1. The lowest BCUT2D eigenvalue weighted by Crippen LogP contribution is -2.46. The highest BCUT2D eigenvalue weighted by molar-refractivity contribution is 6.30. The highest BCUT2D eigenvalue weighted by atomic mass is 35.5. The molecule has 0 saturated carbocycles. The van der Waals surface area contributed by atoms with Crippen LogP contribution in [0, 0.1) is 0 Å². The van der Waals surface area contributed by atoms with Crippen LogP contribution in [0.3, 0.4) is 0 Å². The number of nitrogens with zero attached hydrogens (tertiary/aromatic N) is 2. The van der Waals surface area contributed by atoms with Gasteiger partial charge in [0.05, 0.1) is 0 Å².